The van der Waals surface area contributed by atoms with E-state index in [2.05, 4.69) is 46.6 Å². The van der Waals surface area contributed by atoms with Gasteiger partial charge in [0.1, 0.15) is 0 Å². The summed E-state index contributed by atoms with van der Waals surface area (Å²) in [5.74, 6) is 0.868. The van der Waals surface area contributed by atoms with Crippen molar-refractivity contribution in [2.45, 2.75) is 65.5 Å². The molecule has 118 valence electrons. The predicted octanol–water partition coefficient (Wildman–Crippen LogP) is 3.31. The standard InChI is InChI=1S/C11H28OSi2.2CO2/c1-8-11(2)9-10-14(6,7)12-13(3,4)5;2*2-1-3/h11H,8-10H2,1-7H3;;. The van der Waals surface area contributed by atoms with Gasteiger partial charge in [-0.1, -0.05) is 26.7 Å². The number of rotatable bonds is 6. The van der Waals surface area contributed by atoms with E-state index >= 15 is 0 Å². The molecule has 0 aliphatic carbocycles. The van der Waals surface area contributed by atoms with Gasteiger partial charge in [0.05, 0.1) is 0 Å². The Hall–Kier alpha value is -0.846. The summed E-state index contributed by atoms with van der Waals surface area (Å²) in [4.78, 5) is 32.5. The summed E-state index contributed by atoms with van der Waals surface area (Å²) < 4.78 is 6.30. The van der Waals surface area contributed by atoms with E-state index in [1.165, 1.54) is 18.9 Å². The smallest absolute Gasteiger partial charge is 0.373 e. The molecule has 0 saturated heterocycles. The molecule has 0 spiro atoms. The maximum absolute atomic E-state index is 8.12. The minimum Gasteiger partial charge on any atom is -0.456 e. The Morgan fingerprint density at radius 1 is 0.950 bits per heavy atom. The molecule has 0 aliphatic heterocycles. The molecule has 0 N–H and O–H groups in total. The molecule has 0 rings (SSSR count). The molecule has 1 unspecified atom stereocenters. The van der Waals surface area contributed by atoms with Crippen molar-refractivity contribution in [1.82, 2.24) is 0 Å². The first kappa shape index (κ1) is 24.2. The van der Waals surface area contributed by atoms with Crippen LogP contribution in [0.25, 0.3) is 0 Å². The molecule has 0 heterocycles. The third-order valence-corrected chi connectivity index (χ3v) is 8.67. The van der Waals surface area contributed by atoms with Crippen LogP contribution in [0.15, 0.2) is 0 Å². The normalized spacial score (nSPS) is 11.8. The van der Waals surface area contributed by atoms with Crippen molar-refractivity contribution in [3.05, 3.63) is 0 Å². The van der Waals surface area contributed by atoms with Gasteiger partial charge in [0, 0.05) is 0 Å². The number of carbonyl (C=O) groups excluding carboxylic acids is 4. The minimum atomic E-state index is -1.36. The first-order valence-electron chi connectivity index (χ1n) is 6.68. The average molecular weight is 321 g/mol. The molecule has 0 aliphatic rings. The van der Waals surface area contributed by atoms with E-state index in [4.69, 9.17) is 23.3 Å². The Kier molecular flexibility index (Phi) is 15.9. The fourth-order valence-corrected chi connectivity index (χ4v) is 9.91. The molecule has 7 heteroatoms. The van der Waals surface area contributed by atoms with Gasteiger partial charge in [-0.15, -0.1) is 0 Å². The van der Waals surface area contributed by atoms with E-state index in [1.807, 2.05) is 0 Å². The summed E-state index contributed by atoms with van der Waals surface area (Å²) in [7, 11) is -2.67. The Morgan fingerprint density at radius 3 is 1.55 bits per heavy atom. The first-order valence-corrected chi connectivity index (χ1v) is 13.2. The fraction of sp³-hybridized carbons (Fsp3) is 0.846. The van der Waals surface area contributed by atoms with E-state index in [0.717, 1.165) is 5.92 Å². The van der Waals surface area contributed by atoms with Crippen molar-refractivity contribution < 1.29 is 23.3 Å². The zero-order valence-corrected chi connectivity index (χ0v) is 15.7. The van der Waals surface area contributed by atoms with Crippen molar-refractivity contribution in [3.63, 3.8) is 0 Å². The van der Waals surface area contributed by atoms with E-state index in [-0.39, 0.29) is 12.3 Å². The molecule has 0 aromatic heterocycles. The lowest BCUT2D eigenvalue weighted by Crippen LogP contribution is -2.42. The van der Waals surface area contributed by atoms with E-state index in [9.17, 15) is 0 Å². The summed E-state index contributed by atoms with van der Waals surface area (Å²) in [5.41, 5.74) is 0. The summed E-state index contributed by atoms with van der Waals surface area (Å²) in [6.45, 7) is 16.2. The molecule has 5 nitrogen and oxygen atoms in total. The van der Waals surface area contributed by atoms with Crippen LogP contribution in [-0.4, -0.2) is 28.9 Å². The monoisotopic (exact) mass is 320 g/mol. The molecular weight excluding hydrogens is 292 g/mol. The van der Waals surface area contributed by atoms with Crippen LogP contribution in [0.2, 0.25) is 38.8 Å². The second-order valence-electron chi connectivity index (χ2n) is 6.19. The Morgan fingerprint density at radius 2 is 1.30 bits per heavy atom. The highest BCUT2D eigenvalue weighted by Crippen LogP contribution is 2.23. The number of hydrogen-bond acceptors (Lipinski definition) is 5. The Balaban J connectivity index is -0.000000408. The van der Waals surface area contributed by atoms with Crippen LogP contribution in [0, 0.1) is 5.92 Å². The summed E-state index contributed by atoms with van der Waals surface area (Å²) in [6, 6.07) is 1.33. The highest BCUT2D eigenvalue weighted by Gasteiger charge is 2.29. The molecule has 0 radical (unpaired) electrons. The molecule has 0 bridgehead atoms. The van der Waals surface area contributed by atoms with Crippen molar-refractivity contribution in [2.75, 3.05) is 0 Å². The zero-order valence-electron chi connectivity index (χ0n) is 13.7. The second kappa shape index (κ2) is 13.2. The second-order valence-corrected chi connectivity index (χ2v) is 15.3. The van der Waals surface area contributed by atoms with Crippen molar-refractivity contribution >= 4 is 28.9 Å². The minimum absolute atomic E-state index is 0.250. The third-order valence-electron chi connectivity index (χ3n) is 2.52. The van der Waals surface area contributed by atoms with Gasteiger partial charge >= 0.3 is 12.3 Å². The van der Waals surface area contributed by atoms with Crippen molar-refractivity contribution in [2.24, 2.45) is 5.92 Å². The number of hydrogen-bond donors (Lipinski definition) is 0. The van der Waals surface area contributed by atoms with E-state index < -0.39 is 16.6 Å². The first-order chi connectivity index (χ1) is 8.99. The molecule has 0 aromatic carbocycles. The van der Waals surface area contributed by atoms with Gasteiger partial charge in [0.2, 0.25) is 0 Å². The predicted molar refractivity (Wildman–Crippen MR) is 80.8 cm³/mol. The highest BCUT2D eigenvalue weighted by atomic mass is 28.4. The lowest BCUT2D eigenvalue weighted by atomic mass is 10.1. The van der Waals surface area contributed by atoms with Crippen molar-refractivity contribution in [3.8, 4) is 0 Å². The van der Waals surface area contributed by atoms with E-state index in [1.54, 1.807) is 0 Å². The van der Waals surface area contributed by atoms with E-state index in [0.29, 0.717) is 0 Å². The molecular formula is C13H28O5Si2. The van der Waals surface area contributed by atoms with Crippen LogP contribution in [0.5, 0.6) is 0 Å². The van der Waals surface area contributed by atoms with Crippen LogP contribution in [0.4, 0.5) is 0 Å². The third kappa shape index (κ3) is 25.9. The van der Waals surface area contributed by atoms with Gasteiger partial charge in [0.25, 0.3) is 0 Å². The lowest BCUT2D eigenvalue weighted by molar-refractivity contribution is -0.193. The molecule has 0 aromatic rings. The summed E-state index contributed by atoms with van der Waals surface area (Å²) in [6.07, 6.45) is 3.15. The fourth-order valence-electron chi connectivity index (χ4n) is 1.68. The quantitative estimate of drug-likeness (QED) is 0.702. The van der Waals surface area contributed by atoms with Crippen LogP contribution in [0.1, 0.15) is 26.7 Å². The van der Waals surface area contributed by atoms with Gasteiger partial charge in [-0.25, -0.2) is 0 Å². The molecule has 0 amide bonds. The SMILES string of the molecule is CCC(C)CC[Si](C)(C)O[Si](C)(C)C.O=C=O.O=C=O. The largest absolute Gasteiger partial charge is 0.456 e. The van der Waals surface area contributed by atoms with Gasteiger partial charge in [-0.2, -0.15) is 19.2 Å². The van der Waals surface area contributed by atoms with Gasteiger partial charge in [-0.05, 0) is 44.7 Å². The lowest BCUT2D eigenvalue weighted by Gasteiger charge is -2.32. The zero-order chi connectivity index (χ0) is 16.8. The maximum Gasteiger partial charge on any atom is 0.373 e. The highest BCUT2D eigenvalue weighted by molar-refractivity contribution is 6.84. The summed E-state index contributed by atoms with van der Waals surface area (Å²) in [5, 5.41) is 0. The summed E-state index contributed by atoms with van der Waals surface area (Å²) >= 11 is 0. The Bertz CT molecular complexity index is 286. The van der Waals surface area contributed by atoms with Crippen LogP contribution >= 0.6 is 0 Å². The molecule has 1 atom stereocenters. The van der Waals surface area contributed by atoms with Gasteiger partial charge < -0.3 is 4.12 Å². The van der Waals surface area contributed by atoms with Crippen molar-refractivity contribution in [1.29, 1.82) is 0 Å². The van der Waals surface area contributed by atoms with Crippen LogP contribution in [0.3, 0.4) is 0 Å². The molecule has 20 heavy (non-hydrogen) atoms. The maximum atomic E-state index is 8.12. The average Bonchev–Trinajstić information content (AvgIpc) is 2.25. The van der Waals surface area contributed by atoms with Crippen LogP contribution < -0.4 is 0 Å². The molecule has 0 fully saturated rings. The Labute approximate surface area is 124 Å². The van der Waals surface area contributed by atoms with Gasteiger partial charge in [0.15, 0.2) is 16.6 Å². The van der Waals surface area contributed by atoms with Gasteiger partial charge in [-0.3, -0.25) is 0 Å². The molecule has 0 saturated carbocycles. The topological polar surface area (TPSA) is 77.5 Å². The van der Waals surface area contributed by atoms with Crippen LogP contribution in [-0.2, 0) is 23.3 Å².